The molecule has 1 saturated heterocycles. The standard InChI is InChI=1S/C20H26N2O5S/c1-14-15(2)22(11-13-26-3)19(21-20(23)17-10-7-12-27-17)18(14)28(24,25)16-8-5-4-6-9-16/h4-6,8-9,17H,7,10-13H2,1-3H3,(H,21,23). The summed E-state index contributed by atoms with van der Waals surface area (Å²) < 4.78 is 39.2. The van der Waals surface area contributed by atoms with Crippen LogP contribution in [0.2, 0.25) is 0 Å². The van der Waals surface area contributed by atoms with Crippen LogP contribution in [0.5, 0.6) is 0 Å². The third kappa shape index (κ3) is 3.85. The van der Waals surface area contributed by atoms with E-state index >= 15 is 0 Å². The van der Waals surface area contributed by atoms with Gasteiger partial charge in [-0.1, -0.05) is 18.2 Å². The maximum atomic E-state index is 13.4. The van der Waals surface area contributed by atoms with Gasteiger partial charge in [0.25, 0.3) is 5.91 Å². The molecule has 0 aliphatic carbocycles. The second-order valence-electron chi connectivity index (χ2n) is 6.84. The maximum Gasteiger partial charge on any atom is 0.254 e. The number of carbonyl (C=O) groups excluding carboxylic acids is 1. The number of methoxy groups -OCH3 is 1. The van der Waals surface area contributed by atoms with E-state index < -0.39 is 15.9 Å². The van der Waals surface area contributed by atoms with Crippen molar-refractivity contribution in [2.45, 2.75) is 49.1 Å². The molecule has 1 atom stereocenters. The number of hydrogen-bond acceptors (Lipinski definition) is 5. The molecule has 28 heavy (non-hydrogen) atoms. The molecule has 1 N–H and O–H groups in total. The van der Waals surface area contributed by atoms with Crippen LogP contribution >= 0.6 is 0 Å². The van der Waals surface area contributed by atoms with Crippen LogP contribution in [0.15, 0.2) is 40.1 Å². The van der Waals surface area contributed by atoms with Crippen LogP contribution in [0.1, 0.15) is 24.1 Å². The zero-order chi connectivity index (χ0) is 20.3. The van der Waals surface area contributed by atoms with Gasteiger partial charge in [-0.2, -0.15) is 0 Å². The molecule has 2 heterocycles. The van der Waals surface area contributed by atoms with Crippen LogP contribution < -0.4 is 5.32 Å². The Morgan fingerprint density at radius 3 is 2.61 bits per heavy atom. The van der Waals surface area contributed by atoms with E-state index in [1.54, 1.807) is 48.9 Å². The zero-order valence-electron chi connectivity index (χ0n) is 16.4. The number of ether oxygens (including phenoxy) is 2. The van der Waals surface area contributed by atoms with Gasteiger partial charge in [0, 0.05) is 26.0 Å². The zero-order valence-corrected chi connectivity index (χ0v) is 17.2. The van der Waals surface area contributed by atoms with E-state index in [9.17, 15) is 13.2 Å². The molecule has 7 nitrogen and oxygen atoms in total. The molecule has 8 heteroatoms. The normalized spacial score (nSPS) is 17.0. The summed E-state index contributed by atoms with van der Waals surface area (Å²) in [5.74, 6) is -0.0467. The third-order valence-corrected chi connectivity index (χ3v) is 7.01. The molecule has 152 valence electrons. The highest BCUT2D eigenvalue weighted by Crippen LogP contribution is 2.35. The number of benzene rings is 1. The first-order chi connectivity index (χ1) is 13.4. The lowest BCUT2D eigenvalue weighted by Crippen LogP contribution is -2.29. The summed E-state index contributed by atoms with van der Waals surface area (Å²) in [5, 5.41) is 2.83. The van der Waals surface area contributed by atoms with Crippen LogP contribution in [0.25, 0.3) is 0 Å². The summed E-state index contributed by atoms with van der Waals surface area (Å²) in [7, 11) is -2.23. The first-order valence-corrected chi connectivity index (χ1v) is 10.8. The minimum atomic E-state index is -3.81. The van der Waals surface area contributed by atoms with E-state index in [0.717, 1.165) is 12.1 Å². The molecule has 0 saturated carbocycles. The Morgan fingerprint density at radius 2 is 2.00 bits per heavy atom. The minimum absolute atomic E-state index is 0.124. The average Bonchev–Trinajstić information content (AvgIpc) is 3.30. The van der Waals surface area contributed by atoms with Gasteiger partial charge in [-0.25, -0.2) is 8.42 Å². The molecule has 1 fully saturated rings. The van der Waals surface area contributed by atoms with Gasteiger partial charge in [-0.3, -0.25) is 4.79 Å². The first-order valence-electron chi connectivity index (χ1n) is 9.29. The van der Waals surface area contributed by atoms with Gasteiger partial charge in [0.1, 0.15) is 16.8 Å². The monoisotopic (exact) mass is 406 g/mol. The predicted molar refractivity (Wildman–Crippen MR) is 105 cm³/mol. The van der Waals surface area contributed by atoms with E-state index in [1.165, 1.54) is 0 Å². The van der Waals surface area contributed by atoms with Gasteiger partial charge >= 0.3 is 0 Å². The average molecular weight is 407 g/mol. The number of aromatic nitrogens is 1. The molecule has 1 aliphatic heterocycles. The first kappa shape index (κ1) is 20.6. The van der Waals surface area contributed by atoms with E-state index in [0.29, 0.717) is 31.7 Å². The lowest BCUT2D eigenvalue weighted by Gasteiger charge is -2.16. The molecule has 1 amide bonds. The van der Waals surface area contributed by atoms with Crippen molar-refractivity contribution < 1.29 is 22.7 Å². The Hall–Kier alpha value is -2.16. The molecule has 2 aromatic rings. The third-order valence-electron chi connectivity index (χ3n) is 5.08. The van der Waals surface area contributed by atoms with E-state index in [1.807, 2.05) is 6.92 Å². The summed E-state index contributed by atoms with van der Waals surface area (Å²) >= 11 is 0. The number of carbonyl (C=O) groups is 1. The second-order valence-corrected chi connectivity index (χ2v) is 8.73. The minimum Gasteiger partial charge on any atom is -0.383 e. The van der Waals surface area contributed by atoms with Gasteiger partial charge in [-0.15, -0.1) is 0 Å². The number of amides is 1. The van der Waals surface area contributed by atoms with Crippen molar-refractivity contribution in [3.63, 3.8) is 0 Å². The molecule has 0 spiro atoms. The van der Waals surface area contributed by atoms with Gasteiger partial charge in [0.2, 0.25) is 9.84 Å². The Morgan fingerprint density at radius 1 is 1.29 bits per heavy atom. The van der Waals surface area contributed by atoms with Crippen molar-refractivity contribution in [2.24, 2.45) is 0 Å². The Balaban J connectivity index is 2.11. The van der Waals surface area contributed by atoms with E-state index in [2.05, 4.69) is 5.32 Å². The molecule has 0 radical (unpaired) electrons. The van der Waals surface area contributed by atoms with Crippen molar-refractivity contribution >= 4 is 21.6 Å². The second kappa shape index (κ2) is 8.46. The number of rotatable bonds is 7. The fraction of sp³-hybridized carbons (Fsp3) is 0.450. The highest BCUT2D eigenvalue weighted by Gasteiger charge is 2.32. The SMILES string of the molecule is COCCn1c(C)c(C)c(S(=O)(=O)c2ccccc2)c1NC(=O)C1CCCO1. The van der Waals surface area contributed by atoms with Crippen LogP contribution in [-0.4, -0.2) is 45.3 Å². The van der Waals surface area contributed by atoms with Crippen LogP contribution in [0, 0.1) is 13.8 Å². The summed E-state index contributed by atoms with van der Waals surface area (Å²) in [6.07, 6.45) is 0.887. The lowest BCUT2D eigenvalue weighted by molar-refractivity contribution is -0.124. The quantitative estimate of drug-likeness (QED) is 0.764. The molecular formula is C20H26N2O5S. The number of anilines is 1. The fourth-order valence-corrected chi connectivity index (χ4v) is 5.17. The van der Waals surface area contributed by atoms with Crippen molar-refractivity contribution in [3.8, 4) is 0 Å². The Bertz CT molecular complexity index is 945. The number of sulfone groups is 1. The fourth-order valence-electron chi connectivity index (χ4n) is 3.45. The van der Waals surface area contributed by atoms with Gasteiger partial charge in [-0.05, 0) is 44.4 Å². The van der Waals surface area contributed by atoms with Gasteiger partial charge < -0.3 is 19.4 Å². The van der Waals surface area contributed by atoms with E-state index in [-0.39, 0.29) is 21.5 Å². The van der Waals surface area contributed by atoms with Gasteiger partial charge in [0.05, 0.1) is 11.5 Å². The predicted octanol–water partition coefficient (Wildman–Crippen LogP) is 2.70. The van der Waals surface area contributed by atoms with Crippen molar-refractivity contribution in [2.75, 3.05) is 25.6 Å². The van der Waals surface area contributed by atoms with Crippen LogP contribution in [0.4, 0.5) is 5.82 Å². The summed E-state index contributed by atoms with van der Waals surface area (Å²) in [6, 6.07) is 8.24. The number of hydrogen-bond donors (Lipinski definition) is 1. The largest absolute Gasteiger partial charge is 0.383 e. The smallest absolute Gasteiger partial charge is 0.254 e. The molecule has 1 unspecified atom stereocenters. The number of nitrogens with zero attached hydrogens (tertiary/aromatic N) is 1. The maximum absolute atomic E-state index is 13.4. The van der Waals surface area contributed by atoms with Crippen molar-refractivity contribution in [3.05, 3.63) is 41.6 Å². The Kier molecular flexibility index (Phi) is 6.22. The Labute approximate surface area is 165 Å². The molecule has 1 aromatic heterocycles. The summed E-state index contributed by atoms with van der Waals surface area (Å²) in [5.41, 5.74) is 1.39. The molecular weight excluding hydrogens is 380 g/mol. The summed E-state index contributed by atoms with van der Waals surface area (Å²) in [6.45, 7) is 4.96. The summed E-state index contributed by atoms with van der Waals surface area (Å²) in [4.78, 5) is 13.0. The highest BCUT2D eigenvalue weighted by atomic mass is 32.2. The lowest BCUT2D eigenvalue weighted by atomic mass is 10.2. The van der Waals surface area contributed by atoms with Crippen LogP contribution in [-0.2, 0) is 30.7 Å². The molecule has 1 aliphatic rings. The topological polar surface area (TPSA) is 86.6 Å². The van der Waals surface area contributed by atoms with Crippen molar-refractivity contribution in [1.29, 1.82) is 0 Å². The van der Waals surface area contributed by atoms with Crippen molar-refractivity contribution in [1.82, 2.24) is 4.57 Å². The highest BCUT2D eigenvalue weighted by molar-refractivity contribution is 7.91. The number of nitrogens with one attached hydrogen (secondary N) is 1. The van der Waals surface area contributed by atoms with Crippen LogP contribution in [0.3, 0.4) is 0 Å². The molecule has 1 aromatic carbocycles. The molecule has 0 bridgehead atoms. The van der Waals surface area contributed by atoms with Gasteiger partial charge in [0.15, 0.2) is 0 Å². The van der Waals surface area contributed by atoms with E-state index in [4.69, 9.17) is 9.47 Å². The molecule has 3 rings (SSSR count).